The minimum absolute atomic E-state index is 0.254. The molecule has 1 heterocycles. The first kappa shape index (κ1) is 11.2. The van der Waals surface area contributed by atoms with Crippen molar-refractivity contribution in [2.75, 3.05) is 0 Å². The number of halogens is 1. The molecular weight excluding hydrogens is 222 g/mol. The summed E-state index contributed by atoms with van der Waals surface area (Å²) in [5.74, 6) is 0.939. The zero-order chi connectivity index (χ0) is 11.4. The van der Waals surface area contributed by atoms with Gasteiger partial charge in [0.2, 0.25) is 0 Å². The van der Waals surface area contributed by atoms with Crippen LogP contribution in [-0.4, -0.2) is 9.97 Å². The quantitative estimate of drug-likeness (QED) is 0.856. The van der Waals surface area contributed by atoms with Gasteiger partial charge in [0.1, 0.15) is 5.82 Å². The van der Waals surface area contributed by atoms with Gasteiger partial charge in [0.15, 0.2) is 0 Å². The first-order valence-corrected chi connectivity index (χ1v) is 5.60. The molecule has 0 saturated heterocycles. The van der Waals surface area contributed by atoms with Crippen LogP contribution >= 0.6 is 11.6 Å². The Kier molecular flexibility index (Phi) is 3.59. The van der Waals surface area contributed by atoms with Gasteiger partial charge in [-0.15, -0.1) is 0 Å². The largest absolute Gasteiger partial charge is 0.348 e. The number of aromatic nitrogens is 2. The lowest BCUT2D eigenvalue weighted by Crippen LogP contribution is -2.18. The minimum atomic E-state index is 0.254. The monoisotopic (exact) mass is 235 g/mol. The van der Waals surface area contributed by atoms with Crippen molar-refractivity contribution in [3.8, 4) is 0 Å². The molecule has 0 spiro atoms. The lowest BCUT2D eigenvalue weighted by atomic mass is 10.1. The van der Waals surface area contributed by atoms with E-state index in [4.69, 9.17) is 11.6 Å². The number of imidazole rings is 1. The second-order valence-electron chi connectivity index (χ2n) is 3.69. The lowest BCUT2D eigenvalue weighted by molar-refractivity contribution is 0.562. The number of nitrogens with zero attached hydrogens (tertiary/aromatic N) is 1. The lowest BCUT2D eigenvalue weighted by Gasteiger charge is -2.13. The summed E-state index contributed by atoms with van der Waals surface area (Å²) in [7, 11) is 0. The van der Waals surface area contributed by atoms with Gasteiger partial charge in [-0.1, -0.05) is 23.7 Å². The summed E-state index contributed by atoms with van der Waals surface area (Å²) in [6, 6.07) is 8.13. The molecule has 16 heavy (non-hydrogen) atoms. The van der Waals surface area contributed by atoms with Gasteiger partial charge in [-0.2, -0.15) is 0 Å². The van der Waals surface area contributed by atoms with Crippen LogP contribution in [0.25, 0.3) is 0 Å². The average Bonchev–Trinajstić information content (AvgIpc) is 2.78. The number of nitrogens with one attached hydrogen (secondary N) is 2. The second kappa shape index (κ2) is 5.14. The molecular formula is C12H14ClN3. The van der Waals surface area contributed by atoms with Crippen LogP contribution in [0.5, 0.6) is 0 Å². The summed E-state index contributed by atoms with van der Waals surface area (Å²) in [5, 5.41) is 4.14. The number of H-pyrrole nitrogens is 1. The molecule has 2 rings (SSSR count). The van der Waals surface area contributed by atoms with Crippen LogP contribution in [0.1, 0.15) is 24.4 Å². The fourth-order valence-corrected chi connectivity index (χ4v) is 1.74. The van der Waals surface area contributed by atoms with Crippen molar-refractivity contribution in [3.05, 3.63) is 53.1 Å². The third-order valence-corrected chi connectivity index (χ3v) is 2.71. The van der Waals surface area contributed by atoms with Crippen molar-refractivity contribution < 1.29 is 0 Å². The van der Waals surface area contributed by atoms with Gasteiger partial charge in [-0.25, -0.2) is 4.98 Å². The molecule has 0 radical (unpaired) electrons. The zero-order valence-corrected chi connectivity index (χ0v) is 9.83. The molecule has 1 aromatic heterocycles. The van der Waals surface area contributed by atoms with Gasteiger partial charge < -0.3 is 10.3 Å². The van der Waals surface area contributed by atoms with Crippen molar-refractivity contribution >= 4 is 11.6 Å². The summed E-state index contributed by atoms with van der Waals surface area (Å²) >= 11 is 5.94. The van der Waals surface area contributed by atoms with Crippen molar-refractivity contribution in [2.24, 2.45) is 0 Å². The average molecular weight is 236 g/mol. The maximum absolute atomic E-state index is 5.94. The Labute approximate surface area is 99.9 Å². The van der Waals surface area contributed by atoms with Gasteiger partial charge in [0, 0.05) is 23.5 Å². The molecule has 1 atom stereocenters. The molecule has 0 unspecified atom stereocenters. The van der Waals surface area contributed by atoms with Crippen molar-refractivity contribution in [1.29, 1.82) is 0 Å². The fourth-order valence-electron chi connectivity index (χ4n) is 1.54. The Bertz CT molecular complexity index is 439. The molecule has 0 amide bonds. The molecule has 0 aliphatic carbocycles. The number of aromatic amines is 1. The van der Waals surface area contributed by atoms with Gasteiger partial charge in [0.05, 0.1) is 6.54 Å². The summed E-state index contributed by atoms with van der Waals surface area (Å²) in [5.41, 5.74) is 1.18. The zero-order valence-electron chi connectivity index (χ0n) is 9.07. The highest BCUT2D eigenvalue weighted by Gasteiger charge is 2.05. The Morgan fingerprint density at radius 2 is 2.38 bits per heavy atom. The smallest absolute Gasteiger partial charge is 0.120 e. The summed E-state index contributed by atoms with van der Waals surface area (Å²) in [6.45, 7) is 2.83. The Morgan fingerprint density at radius 1 is 1.50 bits per heavy atom. The standard InChI is InChI=1S/C12H14ClN3/c1-9(10-3-2-4-11(13)7-10)16-8-12-14-5-6-15-12/h2-7,9,16H,8H2,1H3,(H,14,15)/t9-/m0/s1. The van der Waals surface area contributed by atoms with Crippen LogP contribution in [0.15, 0.2) is 36.7 Å². The molecule has 0 bridgehead atoms. The Hall–Kier alpha value is -1.32. The third-order valence-electron chi connectivity index (χ3n) is 2.48. The van der Waals surface area contributed by atoms with Crippen molar-refractivity contribution in [1.82, 2.24) is 15.3 Å². The summed E-state index contributed by atoms with van der Waals surface area (Å²) in [6.07, 6.45) is 3.57. The molecule has 4 heteroatoms. The summed E-state index contributed by atoms with van der Waals surface area (Å²) < 4.78 is 0. The van der Waals surface area contributed by atoms with E-state index in [2.05, 4.69) is 28.3 Å². The van der Waals surface area contributed by atoms with Gasteiger partial charge >= 0.3 is 0 Å². The topological polar surface area (TPSA) is 40.7 Å². The van der Waals surface area contributed by atoms with Crippen molar-refractivity contribution in [2.45, 2.75) is 19.5 Å². The Morgan fingerprint density at radius 3 is 3.06 bits per heavy atom. The van der Waals surface area contributed by atoms with Crippen LogP contribution in [-0.2, 0) is 6.54 Å². The number of rotatable bonds is 4. The predicted octanol–water partition coefficient (Wildman–Crippen LogP) is 2.91. The third kappa shape index (κ3) is 2.84. The van der Waals surface area contributed by atoms with E-state index in [1.165, 1.54) is 5.56 Å². The van der Waals surface area contributed by atoms with Crippen LogP contribution in [0.3, 0.4) is 0 Å². The van der Waals surface area contributed by atoms with Crippen LogP contribution in [0.2, 0.25) is 5.02 Å². The van der Waals surface area contributed by atoms with Gasteiger partial charge in [-0.3, -0.25) is 0 Å². The maximum Gasteiger partial charge on any atom is 0.120 e. The minimum Gasteiger partial charge on any atom is -0.348 e. The normalized spacial score (nSPS) is 12.6. The predicted molar refractivity (Wildman–Crippen MR) is 65.3 cm³/mol. The first-order valence-electron chi connectivity index (χ1n) is 5.23. The van der Waals surface area contributed by atoms with Gasteiger partial charge in [0.25, 0.3) is 0 Å². The maximum atomic E-state index is 5.94. The number of hydrogen-bond donors (Lipinski definition) is 2. The number of benzene rings is 1. The highest BCUT2D eigenvalue weighted by molar-refractivity contribution is 6.30. The second-order valence-corrected chi connectivity index (χ2v) is 4.13. The van der Waals surface area contributed by atoms with E-state index >= 15 is 0 Å². The van der Waals surface area contributed by atoms with Crippen LogP contribution < -0.4 is 5.32 Å². The van der Waals surface area contributed by atoms with Crippen LogP contribution in [0, 0.1) is 0 Å². The van der Waals surface area contributed by atoms with E-state index in [1.807, 2.05) is 24.4 Å². The molecule has 0 aliphatic rings. The summed E-state index contributed by atoms with van der Waals surface area (Å²) in [4.78, 5) is 7.21. The molecule has 0 fully saturated rings. The van der Waals surface area contributed by atoms with E-state index in [0.29, 0.717) is 0 Å². The van der Waals surface area contributed by atoms with E-state index in [-0.39, 0.29) is 6.04 Å². The molecule has 2 N–H and O–H groups in total. The van der Waals surface area contributed by atoms with E-state index in [1.54, 1.807) is 6.20 Å². The molecule has 0 saturated carbocycles. The fraction of sp³-hybridized carbons (Fsp3) is 0.250. The number of hydrogen-bond acceptors (Lipinski definition) is 2. The van der Waals surface area contributed by atoms with Crippen molar-refractivity contribution in [3.63, 3.8) is 0 Å². The molecule has 84 valence electrons. The highest BCUT2D eigenvalue weighted by atomic mass is 35.5. The first-order chi connectivity index (χ1) is 7.75. The van der Waals surface area contributed by atoms with Crippen LogP contribution in [0.4, 0.5) is 0 Å². The molecule has 3 nitrogen and oxygen atoms in total. The van der Waals surface area contributed by atoms with E-state index in [0.717, 1.165) is 17.4 Å². The van der Waals surface area contributed by atoms with Gasteiger partial charge in [-0.05, 0) is 24.6 Å². The molecule has 0 aliphatic heterocycles. The van der Waals surface area contributed by atoms with E-state index in [9.17, 15) is 0 Å². The molecule has 2 aromatic rings. The van der Waals surface area contributed by atoms with E-state index < -0.39 is 0 Å². The highest BCUT2D eigenvalue weighted by Crippen LogP contribution is 2.17. The Balaban J connectivity index is 1.95. The molecule has 1 aromatic carbocycles. The SMILES string of the molecule is C[C@H](NCc1ncc[nH]1)c1cccc(Cl)c1.